The summed E-state index contributed by atoms with van der Waals surface area (Å²) in [4.78, 5) is 30.2. The summed E-state index contributed by atoms with van der Waals surface area (Å²) in [5.41, 5.74) is 1.66. The van der Waals surface area contributed by atoms with E-state index >= 15 is 0 Å². The van der Waals surface area contributed by atoms with E-state index in [2.05, 4.69) is 10.3 Å². The Labute approximate surface area is 132 Å². The van der Waals surface area contributed by atoms with E-state index in [9.17, 15) is 14.7 Å². The average Bonchev–Trinajstić information content (AvgIpc) is 3.01. The third-order valence-corrected chi connectivity index (χ3v) is 3.96. The maximum Gasteiger partial charge on any atom is 0.331 e. The first-order chi connectivity index (χ1) is 11.0. The molecule has 7 nitrogen and oxygen atoms in total. The average molecular weight is 315 g/mol. The van der Waals surface area contributed by atoms with Gasteiger partial charge in [-0.25, -0.2) is 9.78 Å². The Balaban J connectivity index is 2.01. The summed E-state index contributed by atoms with van der Waals surface area (Å²) >= 11 is 0. The van der Waals surface area contributed by atoms with Gasteiger partial charge in [-0.05, 0) is 25.1 Å². The minimum atomic E-state index is -1.08. The predicted molar refractivity (Wildman–Crippen MR) is 82.3 cm³/mol. The molecule has 120 valence electrons. The molecule has 0 aliphatic carbocycles. The van der Waals surface area contributed by atoms with Gasteiger partial charge in [0, 0.05) is 31.3 Å². The molecule has 0 radical (unpaired) electrons. The van der Waals surface area contributed by atoms with Gasteiger partial charge in [0.15, 0.2) is 6.04 Å². The lowest BCUT2D eigenvalue weighted by molar-refractivity contribution is -0.143. The van der Waals surface area contributed by atoms with Crippen molar-refractivity contribution in [1.29, 1.82) is 0 Å². The largest absolute Gasteiger partial charge is 0.479 e. The number of carboxylic acids is 1. The van der Waals surface area contributed by atoms with Gasteiger partial charge in [0.1, 0.15) is 11.6 Å². The number of furan rings is 1. The molecule has 7 heteroatoms. The van der Waals surface area contributed by atoms with E-state index in [1.807, 2.05) is 6.92 Å². The molecule has 1 unspecified atom stereocenters. The Morgan fingerprint density at radius 3 is 2.87 bits per heavy atom. The normalized spacial score (nSPS) is 16.8. The molecule has 1 aliphatic heterocycles. The van der Waals surface area contributed by atoms with Crippen molar-refractivity contribution in [2.75, 3.05) is 18.9 Å². The van der Waals surface area contributed by atoms with E-state index in [-0.39, 0.29) is 12.5 Å². The number of anilines is 1. The van der Waals surface area contributed by atoms with Crippen molar-refractivity contribution in [3.8, 4) is 0 Å². The fourth-order valence-corrected chi connectivity index (χ4v) is 2.88. The van der Waals surface area contributed by atoms with E-state index in [0.29, 0.717) is 29.1 Å². The standard InChI is InChI=1S/C16H17N3O4/c1-9-3-4-11(14(17-2)18-9)15(20)19-7-5-12-10(6-8-23-12)13(19)16(21)22/h3-4,6,8,13H,5,7H2,1-2H3,(H,17,18)(H,21,22). The van der Waals surface area contributed by atoms with Crippen molar-refractivity contribution < 1.29 is 19.1 Å². The van der Waals surface area contributed by atoms with Crippen LogP contribution in [0.25, 0.3) is 0 Å². The van der Waals surface area contributed by atoms with Crippen molar-refractivity contribution >= 4 is 17.7 Å². The van der Waals surface area contributed by atoms with Crippen LogP contribution in [-0.2, 0) is 11.2 Å². The number of aromatic nitrogens is 1. The van der Waals surface area contributed by atoms with Crippen molar-refractivity contribution in [1.82, 2.24) is 9.88 Å². The highest BCUT2D eigenvalue weighted by molar-refractivity contribution is 6.01. The minimum absolute atomic E-state index is 0.285. The number of fused-ring (bicyclic) bond motifs is 1. The summed E-state index contributed by atoms with van der Waals surface area (Å²) in [6.45, 7) is 2.11. The molecule has 23 heavy (non-hydrogen) atoms. The smallest absolute Gasteiger partial charge is 0.331 e. The highest BCUT2D eigenvalue weighted by Gasteiger charge is 2.38. The van der Waals surface area contributed by atoms with E-state index < -0.39 is 12.0 Å². The lowest BCUT2D eigenvalue weighted by atomic mass is 9.98. The molecule has 2 N–H and O–H groups in total. The van der Waals surface area contributed by atoms with Crippen LogP contribution in [0.4, 0.5) is 5.82 Å². The van der Waals surface area contributed by atoms with Crippen LogP contribution in [0, 0.1) is 6.92 Å². The fraction of sp³-hybridized carbons (Fsp3) is 0.312. The Hall–Kier alpha value is -2.83. The third-order valence-electron chi connectivity index (χ3n) is 3.96. The Morgan fingerprint density at radius 2 is 2.17 bits per heavy atom. The van der Waals surface area contributed by atoms with E-state index in [0.717, 1.165) is 5.69 Å². The van der Waals surface area contributed by atoms with Crippen LogP contribution in [0.3, 0.4) is 0 Å². The molecule has 2 aromatic rings. The zero-order valence-electron chi connectivity index (χ0n) is 12.9. The van der Waals surface area contributed by atoms with E-state index in [4.69, 9.17) is 4.42 Å². The van der Waals surface area contributed by atoms with Crippen molar-refractivity contribution in [2.24, 2.45) is 0 Å². The van der Waals surface area contributed by atoms with E-state index in [1.54, 1.807) is 25.2 Å². The van der Waals surface area contributed by atoms with Gasteiger partial charge in [0.05, 0.1) is 11.8 Å². The molecular formula is C16H17N3O4. The quantitative estimate of drug-likeness (QED) is 0.897. The number of carbonyl (C=O) groups is 2. The molecule has 3 heterocycles. The number of amides is 1. The number of aryl methyl sites for hydroxylation is 1. The molecular weight excluding hydrogens is 298 g/mol. The van der Waals surface area contributed by atoms with Gasteiger partial charge in [-0.15, -0.1) is 0 Å². The van der Waals surface area contributed by atoms with Crippen LogP contribution in [-0.4, -0.2) is 40.5 Å². The Morgan fingerprint density at radius 1 is 1.39 bits per heavy atom. The highest BCUT2D eigenvalue weighted by atomic mass is 16.4. The number of nitrogens with one attached hydrogen (secondary N) is 1. The second kappa shape index (κ2) is 5.75. The van der Waals surface area contributed by atoms with Crippen LogP contribution in [0.5, 0.6) is 0 Å². The van der Waals surface area contributed by atoms with Gasteiger partial charge in [0.25, 0.3) is 5.91 Å². The SMILES string of the molecule is CNc1nc(C)ccc1C(=O)N1CCc2occc2C1C(=O)O. The zero-order valence-corrected chi connectivity index (χ0v) is 12.9. The maximum atomic E-state index is 12.9. The highest BCUT2D eigenvalue weighted by Crippen LogP contribution is 2.32. The third kappa shape index (κ3) is 2.54. The van der Waals surface area contributed by atoms with Gasteiger partial charge in [-0.3, -0.25) is 4.79 Å². The Kier molecular flexibility index (Phi) is 3.77. The second-order valence-corrected chi connectivity index (χ2v) is 5.39. The number of hydrogen-bond donors (Lipinski definition) is 2. The van der Waals surface area contributed by atoms with Crippen LogP contribution < -0.4 is 5.32 Å². The van der Waals surface area contributed by atoms with Crippen LogP contribution in [0.15, 0.2) is 28.9 Å². The first-order valence-corrected chi connectivity index (χ1v) is 7.28. The van der Waals surface area contributed by atoms with Gasteiger partial charge in [-0.1, -0.05) is 0 Å². The molecule has 0 bridgehead atoms. The topological polar surface area (TPSA) is 95.7 Å². The van der Waals surface area contributed by atoms with Crippen molar-refractivity contribution in [2.45, 2.75) is 19.4 Å². The summed E-state index contributed by atoms with van der Waals surface area (Å²) in [5, 5.41) is 12.5. The molecule has 2 aromatic heterocycles. The molecule has 0 saturated heterocycles. The summed E-state index contributed by atoms with van der Waals surface area (Å²) < 4.78 is 5.30. The van der Waals surface area contributed by atoms with Gasteiger partial charge >= 0.3 is 5.97 Å². The molecule has 3 rings (SSSR count). The van der Waals surface area contributed by atoms with Gasteiger partial charge < -0.3 is 19.7 Å². The summed E-state index contributed by atoms with van der Waals surface area (Å²) in [7, 11) is 1.68. The molecule has 0 aromatic carbocycles. The van der Waals surface area contributed by atoms with Gasteiger partial charge in [0.2, 0.25) is 0 Å². The first-order valence-electron chi connectivity index (χ1n) is 7.28. The molecule has 1 atom stereocenters. The Bertz CT molecular complexity index is 768. The number of carboxylic acid groups (broad SMARTS) is 1. The molecule has 0 saturated carbocycles. The summed E-state index contributed by atoms with van der Waals surface area (Å²) in [6, 6.07) is 3.97. The lowest BCUT2D eigenvalue weighted by Gasteiger charge is -2.32. The number of pyridine rings is 1. The lowest BCUT2D eigenvalue weighted by Crippen LogP contribution is -2.43. The van der Waals surface area contributed by atoms with Crippen LogP contribution >= 0.6 is 0 Å². The zero-order chi connectivity index (χ0) is 16.6. The maximum absolute atomic E-state index is 12.9. The molecule has 1 amide bonds. The predicted octanol–water partition coefficient (Wildman–Crippen LogP) is 1.85. The number of rotatable bonds is 3. The van der Waals surface area contributed by atoms with Crippen molar-refractivity contribution in [3.63, 3.8) is 0 Å². The number of hydrogen-bond acceptors (Lipinski definition) is 5. The second-order valence-electron chi connectivity index (χ2n) is 5.39. The monoisotopic (exact) mass is 315 g/mol. The minimum Gasteiger partial charge on any atom is -0.479 e. The first kappa shape index (κ1) is 15.1. The molecule has 0 spiro atoms. The number of aliphatic carboxylic acids is 1. The van der Waals surface area contributed by atoms with Crippen LogP contribution in [0.1, 0.15) is 33.4 Å². The summed E-state index contributed by atoms with van der Waals surface area (Å²) in [5.74, 6) is -0.373. The number of nitrogens with zero attached hydrogens (tertiary/aromatic N) is 2. The number of carbonyl (C=O) groups excluding carboxylic acids is 1. The van der Waals surface area contributed by atoms with Gasteiger partial charge in [-0.2, -0.15) is 0 Å². The molecule has 0 fully saturated rings. The molecule has 1 aliphatic rings. The van der Waals surface area contributed by atoms with Crippen LogP contribution in [0.2, 0.25) is 0 Å². The van der Waals surface area contributed by atoms with Crippen molar-refractivity contribution in [3.05, 3.63) is 47.0 Å². The summed E-state index contributed by atoms with van der Waals surface area (Å²) in [6.07, 6.45) is 1.95. The fourth-order valence-electron chi connectivity index (χ4n) is 2.88. The van der Waals surface area contributed by atoms with E-state index in [1.165, 1.54) is 11.2 Å².